The molecule has 2 heteroatoms. The molecule has 0 aliphatic heterocycles. The molecule has 20 heavy (non-hydrogen) atoms. The van der Waals surface area contributed by atoms with Crippen LogP contribution in [0.1, 0.15) is 56.9 Å². The quantitative estimate of drug-likeness (QED) is 0.823. The van der Waals surface area contributed by atoms with E-state index in [9.17, 15) is 0 Å². The predicted molar refractivity (Wildman–Crippen MR) is 86.3 cm³/mol. The van der Waals surface area contributed by atoms with Crippen LogP contribution in [0.15, 0.2) is 24.3 Å². The molecular formula is C18H26ClN. The Kier molecular flexibility index (Phi) is 4.68. The van der Waals surface area contributed by atoms with Crippen molar-refractivity contribution >= 4 is 11.6 Å². The van der Waals surface area contributed by atoms with Gasteiger partial charge < -0.3 is 5.32 Å². The molecule has 2 fully saturated rings. The average molecular weight is 292 g/mol. The summed E-state index contributed by atoms with van der Waals surface area (Å²) in [6, 6.07) is 9.14. The van der Waals surface area contributed by atoms with Gasteiger partial charge in [0, 0.05) is 11.1 Å². The summed E-state index contributed by atoms with van der Waals surface area (Å²) in [7, 11) is 0. The highest BCUT2D eigenvalue weighted by Crippen LogP contribution is 2.37. The fraction of sp³-hybridized carbons (Fsp3) is 0.667. The molecule has 0 heterocycles. The highest BCUT2D eigenvalue weighted by atomic mass is 35.5. The van der Waals surface area contributed by atoms with Gasteiger partial charge in [0.1, 0.15) is 0 Å². The van der Waals surface area contributed by atoms with E-state index in [0.29, 0.717) is 0 Å². The third kappa shape index (κ3) is 3.38. The van der Waals surface area contributed by atoms with Crippen LogP contribution in [-0.4, -0.2) is 12.6 Å². The lowest BCUT2D eigenvalue weighted by atomic mass is 9.75. The van der Waals surface area contributed by atoms with Gasteiger partial charge in [-0.2, -0.15) is 0 Å². The van der Waals surface area contributed by atoms with E-state index in [4.69, 9.17) is 11.6 Å². The van der Waals surface area contributed by atoms with E-state index < -0.39 is 0 Å². The molecule has 1 aromatic rings. The Balaban J connectivity index is 1.41. The Morgan fingerprint density at radius 2 is 1.80 bits per heavy atom. The molecule has 1 aromatic carbocycles. The first-order valence-electron chi connectivity index (χ1n) is 8.21. The number of hydrogen-bond donors (Lipinski definition) is 1. The lowest BCUT2D eigenvalue weighted by Crippen LogP contribution is -2.43. The van der Waals surface area contributed by atoms with Gasteiger partial charge in [-0.25, -0.2) is 0 Å². The molecule has 1 N–H and O–H groups in total. The van der Waals surface area contributed by atoms with E-state index in [0.717, 1.165) is 28.8 Å². The second-order valence-corrected chi connectivity index (χ2v) is 7.28. The van der Waals surface area contributed by atoms with E-state index in [1.807, 2.05) is 12.1 Å². The minimum atomic E-state index is 0.741. The zero-order valence-corrected chi connectivity index (χ0v) is 13.2. The smallest absolute Gasteiger partial charge is 0.0406 e. The van der Waals surface area contributed by atoms with Gasteiger partial charge in [0.25, 0.3) is 0 Å². The number of nitrogens with one attached hydrogen (secondary N) is 1. The maximum atomic E-state index is 5.94. The summed E-state index contributed by atoms with van der Waals surface area (Å²) in [5.74, 6) is 2.58. The van der Waals surface area contributed by atoms with Crippen molar-refractivity contribution in [2.75, 3.05) is 6.54 Å². The maximum absolute atomic E-state index is 5.94. The van der Waals surface area contributed by atoms with Gasteiger partial charge in [0.05, 0.1) is 0 Å². The van der Waals surface area contributed by atoms with E-state index in [1.54, 1.807) is 0 Å². The van der Waals surface area contributed by atoms with Crippen LogP contribution in [0.2, 0.25) is 5.02 Å². The fourth-order valence-electron chi connectivity index (χ4n) is 3.81. The minimum absolute atomic E-state index is 0.741. The second kappa shape index (κ2) is 6.49. The third-order valence-corrected chi connectivity index (χ3v) is 5.69. The molecule has 0 amide bonds. The number of benzene rings is 1. The summed E-state index contributed by atoms with van der Waals surface area (Å²) in [4.78, 5) is 0. The first kappa shape index (κ1) is 14.4. The first-order chi connectivity index (χ1) is 9.72. The van der Waals surface area contributed by atoms with Crippen LogP contribution in [0.3, 0.4) is 0 Å². The van der Waals surface area contributed by atoms with Crippen molar-refractivity contribution in [2.24, 2.45) is 11.8 Å². The molecule has 0 aromatic heterocycles. The van der Waals surface area contributed by atoms with Gasteiger partial charge in [-0.15, -0.1) is 0 Å². The molecule has 2 saturated carbocycles. The molecule has 2 aliphatic carbocycles. The van der Waals surface area contributed by atoms with E-state index >= 15 is 0 Å². The van der Waals surface area contributed by atoms with Crippen molar-refractivity contribution in [3.8, 4) is 0 Å². The Morgan fingerprint density at radius 3 is 2.50 bits per heavy atom. The zero-order valence-electron chi connectivity index (χ0n) is 12.4. The molecule has 110 valence electrons. The van der Waals surface area contributed by atoms with E-state index in [2.05, 4.69) is 24.4 Å². The normalized spacial score (nSPS) is 33.7. The summed E-state index contributed by atoms with van der Waals surface area (Å²) in [6.07, 6.45) is 8.34. The Labute approximate surface area is 128 Å². The predicted octanol–water partition coefficient (Wildman–Crippen LogP) is 5.00. The van der Waals surface area contributed by atoms with Crippen LogP contribution < -0.4 is 5.32 Å². The minimum Gasteiger partial charge on any atom is -0.314 e. The summed E-state index contributed by atoms with van der Waals surface area (Å²) < 4.78 is 0. The molecule has 0 spiro atoms. The average Bonchev–Trinajstić information content (AvgIpc) is 2.41. The monoisotopic (exact) mass is 291 g/mol. The van der Waals surface area contributed by atoms with Crippen LogP contribution in [0.5, 0.6) is 0 Å². The SMILES string of the molecule is CC1CCCCC1CNC1CC(c2ccc(Cl)cc2)C1. The molecule has 2 atom stereocenters. The van der Waals surface area contributed by atoms with Crippen molar-refractivity contribution in [3.05, 3.63) is 34.9 Å². The molecule has 0 bridgehead atoms. The van der Waals surface area contributed by atoms with Gasteiger partial charge >= 0.3 is 0 Å². The van der Waals surface area contributed by atoms with E-state index in [1.165, 1.54) is 50.6 Å². The molecule has 0 saturated heterocycles. The fourth-order valence-corrected chi connectivity index (χ4v) is 3.93. The first-order valence-corrected chi connectivity index (χ1v) is 8.59. The Morgan fingerprint density at radius 1 is 1.10 bits per heavy atom. The lowest BCUT2D eigenvalue weighted by Gasteiger charge is -2.38. The molecule has 3 rings (SSSR count). The summed E-state index contributed by atoms with van der Waals surface area (Å²) in [5, 5.41) is 4.65. The summed E-state index contributed by atoms with van der Waals surface area (Å²) in [6.45, 7) is 3.67. The number of halogens is 1. The van der Waals surface area contributed by atoms with Crippen molar-refractivity contribution in [2.45, 2.75) is 57.4 Å². The summed E-state index contributed by atoms with van der Waals surface area (Å²) >= 11 is 5.94. The number of hydrogen-bond acceptors (Lipinski definition) is 1. The van der Waals surface area contributed by atoms with Gasteiger partial charge in [-0.05, 0) is 61.3 Å². The zero-order chi connectivity index (χ0) is 13.9. The molecule has 1 nitrogen and oxygen atoms in total. The molecule has 2 aliphatic rings. The molecule has 2 unspecified atom stereocenters. The molecular weight excluding hydrogens is 266 g/mol. The van der Waals surface area contributed by atoms with Crippen molar-refractivity contribution < 1.29 is 0 Å². The van der Waals surface area contributed by atoms with E-state index in [-0.39, 0.29) is 0 Å². The second-order valence-electron chi connectivity index (χ2n) is 6.85. The van der Waals surface area contributed by atoms with Crippen LogP contribution in [0.4, 0.5) is 0 Å². The third-order valence-electron chi connectivity index (χ3n) is 5.44. The van der Waals surface area contributed by atoms with Crippen LogP contribution in [-0.2, 0) is 0 Å². The van der Waals surface area contributed by atoms with Gasteiger partial charge in [0.2, 0.25) is 0 Å². The van der Waals surface area contributed by atoms with Crippen molar-refractivity contribution in [1.82, 2.24) is 5.32 Å². The largest absolute Gasteiger partial charge is 0.314 e. The van der Waals surface area contributed by atoms with Crippen LogP contribution in [0, 0.1) is 11.8 Å². The van der Waals surface area contributed by atoms with Gasteiger partial charge in [-0.3, -0.25) is 0 Å². The molecule has 0 radical (unpaired) electrons. The standard InChI is InChI=1S/C18H26ClN/c1-13-4-2-3-5-15(13)12-20-18-10-16(11-18)14-6-8-17(19)9-7-14/h6-9,13,15-16,18,20H,2-5,10-12H2,1H3. The number of rotatable bonds is 4. The Hall–Kier alpha value is -0.530. The van der Waals surface area contributed by atoms with Crippen LogP contribution in [0.25, 0.3) is 0 Å². The van der Waals surface area contributed by atoms with Gasteiger partial charge in [0.15, 0.2) is 0 Å². The lowest BCUT2D eigenvalue weighted by molar-refractivity contribution is 0.213. The Bertz CT molecular complexity index is 422. The topological polar surface area (TPSA) is 12.0 Å². The van der Waals surface area contributed by atoms with Crippen molar-refractivity contribution in [1.29, 1.82) is 0 Å². The van der Waals surface area contributed by atoms with Crippen molar-refractivity contribution in [3.63, 3.8) is 0 Å². The highest BCUT2D eigenvalue weighted by Gasteiger charge is 2.31. The highest BCUT2D eigenvalue weighted by molar-refractivity contribution is 6.30. The maximum Gasteiger partial charge on any atom is 0.0406 e. The van der Waals surface area contributed by atoms with Crippen LogP contribution >= 0.6 is 11.6 Å². The summed E-state index contributed by atoms with van der Waals surface area (Å²) in [5.41, 5.74) is 1.46. The van der Waals surface area contributed by atoms with Gasteiger partial charge in [-0.1, -0.05) is 49.9 Å².